The first-order valence-electron chi connectivity index (χ1n) is 0. The Morgan fingerprint density at radius 3 is 0.0200 bits per heavy atom. The summed E-state index contributed by atoms with van der Waals surface area (Å²) in [5, 5.41) is 0. The summed E-state index contributed by atoms with van der Waals surface area (Å²) in [5.74, 6) is 0. The summed E-state index contributed by atoms with van der Waals surface area (Å²) in [6.07, 6.45) is 0. The average molecular weight is 5340 g/mol. The van der Waals surface area contributed by atoms with Gasteiger partial charge in [0, 0.05) is 671 Å². The van der Waals surface area contributed by atoms with Gasteiger partial charge in [0.1, 0.15) is 0 Å². The zero-order valence-electron chi connectivity index (χ0n) is 9.05. The van der Waals surface area contributed by atoms with Gasteiger partial charge in [-0.25, -0.2) is 0 Å². The fraction of sp³-hybridized carbons (Fsp3) is 0. The molecule has 0 amide bonds. The van der Waals surface area contributed by atoms with Crippen LogP contribution in [0.1, 0.15) is 0 Å². The maximum atomic E-state index is 0. The number of rotatable bonds is 0. The van der Waals surface area contributed by atoms with Crippen molar-refractivity contribution in [1.82, 2.24) is 0 Å². The minimum atomic E-state index is 0. The summed E-state index contributed by atoms with van der Waals surface area (Å²) < 4.78 is 0. The standard InChI is InChI=1S/30Ag.70Al.210H. The van der Waals surface area contributed by atoms with Crippen LogP contribution >= 0.6 is 0 Å². The molecule has 0 saturated carbocycles. The summed E-state index contributed by atoms with van der Waals surface area (Å²) in [5.41, 5.74) is 0. The van der Waals surface area contributed by atoms with Crippen LogP contribution in [0.15, 0.2) is 0 Å². The van der Waals surface area contributed by atoms with E-state index in [0.717, 1.165) is 0 Å². The van der Waals surface area contributed by atoms with Crippen molar-refractivity contribution in [2.45, 2.75) is 0 Å². The van der Waals surface area contributed by atoms with E-state index in [1.54, 1.807) is 0 Å². The molecule has 0 unspecified atom stereocenters. The molecule has 0 aliphatic rings. The molecule has 100 heavy (non-hydrogen) atoms. The first-order valence-corrected chi connectivity index (χ1v) is 0. The van der Waals surface area contributed by atoms with Crippen molar-refractivity contribution >= 4 is 1220 Å². The van der Waals surface area contributed by atoms with Gasteiger partial charge in [-0.3, -0.25) is 0 Å². The van der Waals surface area contributed by atoms with Gasteiger partial charge >= 0.3 is 0 Å². The monoisotopic (exact) mass is 5310 g/mol. The van der Waals surface area contributed by atoms with E-state index in [1.165, 1.54) is 0 Å². The summed E-state index contributed by atoms with van der Waals surface area (Å²) in [6.45, 7) is 0. The van der Waals surface area contributed by atoms with E-state index in [2.05, 4.69) is 0 Å². The van der Waals surface area contributed by atoms with Gasteiger partial charge in [-0.2, -0.15) is 0 Å². The van der Waals surface area contributed by atoms with Crippen LogP contribution in [-0.2, 0) is 671 Å². The molecule has 0 N–H and O–H groups in total. The van der Waals surface area contributed by atoms with Crippen molar-refractivity contribution in [2.24, 2.45) is 0 Å². The van der Waals surface area contributed by atoms with Gasteiger partial charge < -0.3 is 0 Å². The Balaban J connectivity index is 0. The molecule has 0 bridgehead atoms. The molecule has 0 rings (SSSR count). The molecule has 0 aliphatic heterocycles. The van der Waals surface area contributed by atoms with Crippen molar-refractivity contribution in [3.63, 3.8) is 0 Å². The van der Waals surface area contributed by atoms with Crippen molar-refractivity contribution in [1.29, 1.82) is 0 Å². The Kier molecular flexibility index (Phi) is 12600. The Labute approximate surface area is 1830 Å². The second kappa shape index (κ2) is 1110. The zero-order chi connectivity index (χ0) is 0. The summed E-state index contributed by atoms with van der Waals surface area (Å²) in [6, 6.07) is 0. The molecular weight excluding hydrogens is 5120 g/mol. The van der Waals surface area contributed by atoms with E-state index in [-0.39, 0.29) is 1890 Å². The van der Waals surface area contributed by atoms with E-state index >= 15 is 0 Å². The molecule has 30 radical (unpaired) electrons. The molecule has 0 aromatic carbocycles. The Hall–Kier alpha value is 59.5. The van der Waals surface area contributed by atoms with Crippen molar-refractivity contribution in [2.75, 3.05) is 0 Å². The van der Waals surface area contributed by atoms with Gasteiger partial charge in [-0.1, -0.05) is 0 Å². The summed E-state index contributed by atoms with van der Waals surface area (Å²) in [4.78, 5) is 0. The normalized spacial score (nSPS) is 0. The van der Waals surface area contributed by atoms with E-state index in [1.807, 2.05) is 0 Å². The van der Waals surface area contributed by atoms with Crippen LogP contribution in [0.5, 0.6) is 0 Å². The van der Waals surface area contributed by atoms with Crippen LogP contribution in [0.4, 0.5) is 0 Å². The van der Waals surface area contributed by atoms with Gasteiger partial charge in [0.15, 0.2) is 1220 Å². The smallest absolute Gasteiger partial charge is 0 e. The minimum Gasteiger partial charge on any atom is 0 e. The predicted molar refractivity (Wildman–Crippen MR) is 696 cm³/mol. The topological polar surface area (TPSA) is 0 Å². The van der Waals surface area contributed by atoms with E-state index in [9.17, 15) is 0 Å². The largest absolute Gasteiger partial charge is 0.187 e. The molecule has 100 heteroatoms. The first-order chi connectivity index (χ1) is 0. The molecule has 0 aliphatic carbocycles. The summed E-state index contributed by atoms with van der Waals surface area (Å²) >= 11 is 0. The van der Waals surface area contributed by atoms with Crippen molar-refractivity contribution < 1.29 is 671 Å². The van der Waals surface area contributed by atoms with Crippen LogP contribution in [-0.4, -0.2) is 1220 Å². The number of hydrogen-bond acceptors (Lipinski definition) is 0. The quantitative estimate of drug-likeness (QED) is 0.212. The Bertz CT molecular complexity index is 88.1. The van der Waals surface area contributed by atoms with Crippen LogP contribution in [0.3, 0.4) is 0 Å². The predicted octanol–water partition coefficient (Wildman–Crippen LogP) is -82.9. The van der Waals surface area contributed by atoms with Gasteiger partial charge in [0.05, 0.1) is 0 Å². The second-order valence-electron chi connectivity index (χ2n) is 0. The average Bonchev–Trinajstić information content (AvgIpc) is 0. The third-order valence-electron chi connectivity index (χ3n) is 0. The fourth-order valence-electron chi connectivity index (χ4n) is 0. The van der Waals surface area contributed by atoms with Crippen molar-refractivity contribution in [3.05, 3.63) is 0 Å². The maximum Gasteiger partial charge on any atom is 0.187 e. The zero-order valence-corrected chi connectivity index (χ0v) is 53.5. The minimum absolute atomic E-state index is 0. The molecule has 0 saturated heterocycles. The van der Waals surface area contributed by atoms with Gasteiger partial charge in [-0.15, -0.1) is 0 Å². The molecule has 0 fully saturated rings. The molecule has 750 valence electrons. The molecule has 0 spiro atoms. The van der Waals surface area contributed by atoms with Gasteiger partial charge in [0.2, 0.25) is 0 Å². The third kappa shape index (κ3) is 1090. The molecule has 0 aromatic rings. The Morgan fingerprint density at radius 2 is 0.0200 bits per heavy atom. The molecular formula is H210Ag30Al70. The molecule has 0 nitrogen and oxygen atoms in total. The van der Waals surface area contributed by atoms with E-state index in [4.69, 9.17) is 0 Å². The van der Waals surface area contributed by atoms with Crippen LogP contribution in [0.25, 0.3) is 0 Å². The fourth-order valence-corrected chi connectivity index (χ4v) is 0. The maximum absolute atomic E-state index is 0. The van der Waals surface area contributed by atoms with Gasteiger partial charge in [-0.05, 0) is 0 Å². The van der Waals surface area contributed by atoms with Crippen LogP contribution in [0, 0.1) is 0 Å². The SMILES string of the molecule is [Ag].[Ag].[Ag].[Ag].[Ag].[Ag].[Ag].[Ag].[Ag].[Ag].[Ag].[Ag].[Ag].[Ag].[Ag].[Ag].[Ag].[Ag].[Ag].[Ag].[Ag].[Ag].[Ag].[Ag].[Ag].[Ag].[Ag].[Ag].[Ag].[Ag].[AlH3].[AlH3].[AlH3].[AlH3].[AlH3].[AlH3].[AlH3].[AlH3].[AlH3].[AlH3].[AlH3].[AlH3].[AlH3].[AlH3].[AlH3].[AlH3].[AlH3].[AlH3].[AlH3].[AlH3].[AlH3].[AlH3].[AlH3].[AlH3].[AlH3].[AlH3].[AlH3].[AlH3].[AlH3].[AlH3].[AlH3].[AlH3].[AlH3].[AlH3].[AlH3].[AlH3].[AlH3].[AlH3].[AlH3].[AlH3].[AlH3].[AlH3].[AlH3].[AlH3].[AlH3].[AlH3].[AlH3].[AlH3].[AlH3].[AlH3].[AlH3].[AlH3].[AlH3].[AlH3].[AlH3].[AlH3].[AlH3].[AlH3].[AlH3].[AlH3].[AlH3].[AlH3].[AlH3].[AlH3].[AlH3].[AlH3].[AlH3].[AlH3].[AlH3].[AlH3]. The molecule has 0 aromatic heterocycles. The third-order valence-corrected chi connectivity index (χ3v) is 0. The second-order valence-corrected chi connectivity index (χ2v) is 0. The van der Waals surface area contributed by atoms with Crippen LogP contribution in [0.2, 0.25) is 0 Å². The Morgan fingerprint density at radius 1 is 0.0200 bits per heavy atom. The van der Waals surface area contributed by atoms with Crippen molar-refractivity contribution in [3.8, 4) is 0 Å². The van der Waals surface area contributed by atoms with Gasteiger partial charge in [0.25, 0.3) is 0 Å². The number of hydrogen-bond donors (Lipinski definition) is 0. The first kappa shape index (κ1) is 1130. The van der Waals surface area contributed by atoms with E-state index in [0.29, 0.717) is 0 Å². The molecule has 0 heterocycles. The summed E-state index contributed by atoms with van der Waals surface area (Å²) in [7, 11) is 0. The van der Waals surface area contributed by atoms with E-state index < -0.39 is 0 Å². The van der Waals surface area contributed by atoms with Crippen LogP contribution < -0.4 is 0 Å². The molecule has 0 atom stereocenters.